The highest BCUT2D eigenvalue weighted by atomic mass is 16.3. The first-order valence-electron chi connectivity index (χ1n) is 13.9. The molecule has 1 heterocycles. The Kier molecular flexibility index (Phi) is 6.01. The molecule has 36 heavy (non-hydrogen) atoms. The van der Waals surface area contributed by atoms with Gasteiger partial charge >= 0.3 is 0 Å². The molecule has 1 unspecified atom stereocenters. The van der Waals surface area contributed by atoms with E-state index in [1.54, 1.807) is 6.07 Å². The molecule has 6 nitrogen and oxygen atoms in total. The zero-order valence-corrected chi connectivity index (χ0v) is 21.2. The number of aliphatic hydroxyl groups is 1. The Morgan fingerprint density at radius 1 is 1.08 bits per heavy atom. The second-order valence-corrected chi connectivity index (χ2v) is 11.9. The Morgan fingerprint density at radius 3 is 2.47 bits per heavy atom. The summed E-state index contributed by atoms with van der Waals surface area (Å²) in [6, 6.07) is 7.41. The summed E-state index contributed by atoms with van der Waals surface area (Å²) in [5.41, 5.74) is 2.51. The minimum Gasteiger partial charge on any atom is -0.506 e. The number of nitrogens with one attached hydrogen (secondary N) is 2. The number of hydrogen-bond donors (Lipinski definition) is 3. The van der Waals surface area contributed by atoms with Crippen molar-refractivity contribution in [3.8, 4) is 0 Å². The lowest BCUT2D eigenvalue weighted by atomic mass is 9.49. The van der Waals surface area contributed by atoms with Crippen LogP contribution in [-0.4, -0.2) is 26.8 Å². The van der Waals surface area contributed by atoms with E-state index >= 15 is 0 Å². The van der Waals surface area contributed by atoms with Gasteiger partial charge in [-0.3, -0.25) is 14.9 Å². The van der Waals surface area contributed by atoms with Crippen molar-refractivity contribution < 1.29 is 14.7 Å². The van der Waals surface area contributed by atoms with Gasteiger partial charge in [0.15, 0.2) is 5.78 Å². The molecule has 7 rings (SSSR count). The molecule has 0 saturated heterocycles. The quantitative estimate of drug-likeness (QED) is 0.296. The first-order chi connectivity index (χ1) is 17.5. The molecule has 4 saturated carbocycles. The summed E-state index contributed by atoms with van der Waals surface area (Å²) in [7, 11) is 0. The minimum absolute atomic E-state index is 0.148. The van der Waals surface area contributed by atoms with Crippen LogP contribution in [0.5, 0.6) is 0 Å². The Balaban J connectivity index is 1.23. The molecule has 6 heteroatoms. The highest BCUT2D eigenvalue weighted by molar-refractivity contribution is 6.30. The number of rotatable bonds is 8. The zero-order chi connectivity index (χ0) is 24.9. The van der Waals surface area contributed by atoms with Crippen molar-refractivity contribution in [3.05, 3.63) is 52.9 Å². The molecule has 4 fully saturated rings. The molecule has 1 aromatic heterocycles. The summed E-state index contributed by atoms with van der Waals surface area (Å²) < 4.78 is 0. The highest BCUT2D eigenvalue weighted by Crippen LogP contribution is 2.60. The third-order valence-corrected chi connectivity index (χ3v) is 9.38. The van der Waals surface area contributed by atoms with Crippen LogP contribution in [0.1, 0.15) is 100 Å². The van der Waals surface area contributed by atoms with Gasteiger partial charge < -0.3 is 10.1 Å². The summed E-state index contributed by atoms with van der Waals surface area (Å²) >= 11 is 0. The van der Waals surface area contributed by atoms with Gasteiger partial charge in [0, 0.05) is 22.6 Å². The summed E-state index contributed by atoms with van der Waals surface area (Å²) in [5.74, 6) is 1.28. The fourth-order valence-electron chi connectivity index (χ4n) is 8.13. The van der Waals surface area contributed by atoms with Gasteiger partial charge in [-0.25, -0.2) is 4.98 Å². The number of Topliss-reactive ketones (excluding diaryl/α,β-unsaturated/α-hetero) is 1. The smallest absolute Gasteiger partial charge is 0.265 e. The van der Waals surface area contributed by atoms with Gasteiger partial charge in [-0.15, -0.1) is 0 Å². The van der Waals surface area contributed by atoms with Gasteiger partial charge in [0.05, 0.1) is 6.20 Å². The van der Waals surface area contributed by atoms with E-state index in [2.05, 4.69) is 22.2 Å². The van der Waals surface area contributed by atoms with E-state index < -0.39 is 11.8 Å². The van der Waals surface area contributed by atoms with E-state index in [1.807, 2.05) is 24.4 Å². The van der Waals surface area contributed by atoms with E-state index in [0.29, 0.717) is 17.9 Å². The lowest BCUT2D eigenvalue weighted by Gasteiger charge is -2.56. The summed E-state index contributed by atoms with van der Waals surface area (Å²) in [4.78, 5) is 34.8. The number of benzene rings is 1. The molecule has 0 spiro atoms. The van der Waals surface area contributed by atoms with Crippen molar-refractivity contribution in [2.24, 2.45) is 17.8 Å². The van der Waals surface area contributed by atoms with Gasteiger partial charge in [-0.1, -0.05) is 56.9 Å². The number of carbonyl (C=O) groups is 2. The van der Waals surface area contributed by atoms with Gasteiger partial charge in [0.25, 0.3) is 5.91 Å². The number of aromatic amines is 1. The number of carbonyl (C=O) groups excluding carboxylic acids is 2. The topological polar surface area (TPSA) is 95.1 Å². The first-order valence-corrected chi connectivity index (χ1v) is 13.9. The Bertz CT molecular complexity index is 1170. The molecule has 5 aliphatic carbocycles. The number of nitrogens with zero attached hydrogens (tertiary/aromatic N) is 1. The molecular weight excluding hydrogens is 450 g/mol. The zero-order valence-electron chi connectivity index (χ0n) is 21.2. The van der Waals surface area contributed by atoms with Crippen LogP contribution < -0.4 is 5.32 Å². The number of amides is 1. The SMILES string of the molecule is CCCCCCC1C(=O)C(C(=O)Nc2ncc(C34CC5CC(CC(C5)C3)C4)[nH]2)=C(O)c2ccccc21. The van der Waals surface area contributed by atoms with Crippen molar-refractivity contribution in [3.63, 3.8) is 0 Å². The third kappa shape index (κ3) is 3.99. The fraction of sp³-hybridized carbons (Fsp3) is 0.567. The molecule has 2 aromatic rings. The minimum atomic E-state index is -0.586. The van der Waals surface area contributed by atoms with Crippen molar-refractivity contribution in [1.82, 2.24) is 9.97 Å². The lowest BCUT2D eigenvalue weighted by molar-refractivity contribution is -0.121. The second kappa shape index (κ2) is 9.20. The molecule has 4 bridgehead atoms. The number of unbranched alkanes of at least 4 members (excludes halogenated alkanes) is 3. The fourth-order valence-corrected chi connectivity index (χ4v) is 8.13. The van der Waals surface area contributed by atoms with E-state index in [4.69, 9.17) is 0 Å². The van der Waals surface area contributed by atoms with Crippen molar-refractivity contribution in [2.45, 2.75) is 88.9 Å². The number of fused-ring (bicyclic) bond motifs is 1. The summed E-state index contributed by atoms with van der Waals surface area (Å²) in [6.07, 6.45) is 14.5. The van der Waals surface area contributed by atoms with E-state index in [-0.39, 0.29) is 22.5 Å². The predicted molar refractivity (Wildman–Crippen MR) is 140 cm³/mol. The average Bonchev–Trinajstić information content (AvgIpc) is 3.32. The highest BCUT2D eigenvalue weighted by Gasteiger charge is 2.52. The third-order valence-electron chi connectivity index (χ3n) is 9.38. The van der Waals surface area contributed by atoms with Crippen molar-refractivity contribution >= 4 is 23.4 Å². The van der Waals surface area contributed by atoms with Crippen LogP contribution in [0.2, 0.25) is 0 Å². The Hall–Kier alpha value is -2.89. The van der Waals surface area contributed by atoms with Crippen molar-refractivity contribution in [1.29, 1.82) is 0 Å². The number of hydrogen-bond acceptors (Lipinski definition) is 4. The average molecular weight is 488 g/mol. The largest absolute Gasteiger partial charge is 0.506 e. The number of aliphatic hydroxyl groups excluding tert-OH is 1. The molecule has 5 aliphatic rings. The number of H-pyrrole nitrogens is 1. The molecule has 3 N–H and O–H groups in total. The van der Waals surface area contributed by atoms with E-state index in [0.717, 1.165) is 54.7 Å². The number of anilines is 1. The number of imidazole rings is 1. The van der Waals surface area contributed by atoms with Gasteiger partial charge in [-0.2, -0.15) is 0 Å². The summed E-state index contributed by atoms with van der Waals surface area (Å²) in [6.45, 7) is 2.16. The Labute approximate surface area is 213 Å². The van der Waals surface area contributed by atoms with Crippen LogP contribution >= 0.6 is 0 Å². The monoisotopic (exact) mass is 487 g/mol. The molecule has 0 radical (unpaired) electrons. The van der Waals surface area contributed by atoms with Crippen LogP contribution in [-0.2, 0) is 15.0 Å². The maximum absolute atomic E-state index is 13.5. The first kappa shape index (κ1) is 23.5. The van der Waals surface area contributed by atoms with E-state index in [9.17, 15) is 14.7 Å². The molecular formula is C30H37N3O3. The maximum Gasteiger partial charge on any atom is 0.265 e. The molecule has 1 aromatic carbocycles. The van der Waals surface area contributed by atoms with Crippen LogP contribution in [0.25, 0.3) is 5.76 Å². The molecule has 0 aliphatic heterocycles. The van der Waals surface area contributed by atoms with Crippen LogP contribution in [0.15, 0.2) is 36.0 Å². The Morgan fingerprint density at radius 2 is 1.78 bits per heavy atom. The van der Waals surface area contributed by atoms with E-state index in [1.165, 1.54) is 38.5 Å². The van der Waals surface area contributed by atoms with Gasteiger partial charge in [-0.05, 0) is 68.3 Å². The van der Waals surface area contributed by atoms with Crippen LogP contribution in [0.4, 0.5) is 5.95 Å². The molecule has 1 atom stereocenters. The van der Waals surface area contributed by atoms with Crippen LogP contribution in [0, 0.1) is 17.8 Å². The normalized spacial score (nSPS) is 30.5. The predicted octanol–water partition coefficient (Wildman–Crippen LogP) is 6.42. The van der Waals surface area contributed by atoms with Crippen LogP contribution in [0.3, 0.4) is 0 Å². The maximum atomic E-state index is 13.5. The van der Waals surface area contributed by atoms with Gasteiger partial charge in [0.2, 0.25) is 5.95 Å². The number of ketones is 1. The second-order valence-electron chi connectivity index (χ2n) is 11.9. The molecule has 1 amide bonds. The summed E-state index contributed by atoms with van der Waals surface area (Å²) in [5, 5.41) is 13.8. The lowest BCUT2D eigenvalue weighted by Crippen LogP contribution is -2.48. The van der Waals surface area contributed by atoms with Gasteiger partial charge in [0.1, 0.15) is 11.3 Å². The van der Waals surface area contributed by atoms with Crippen molar-refractivity contribution in [2.75, 3.05) is 5.32 Å². The standard InChI is InChI=1S/C30H37N3O3/c1-2-3-4-5-9-22-21-8-6-7-10-23(21)27(35)25(26(22)34)28(36)33-29-31-17-24(32-29)30-14-18-11-19(15-30)13-20(12-18)16-30/h6-8,10,17-20,22,35H,2-5,9,11-16H2,1H3,(H2,31,32,33,36). The molecule has 190 valence electrons. The number of aromatic nitrogens is 2.